The quantitative estimate of drug-likeness (QED) is 0.793. The third-order valence-corrected chi connectivity index (χ3v) is 2.85. The molecule has 0 saturated heterocycles. The van der Waals surface area contributed by atoms with Crippen molar-refractivity contribution in [3.8, 4) is 5.75 Å². The molecule has 0 fully saturated rings. The minimum absolute atomic E-state index is 0.0477. The maximum absolute atomic E-state index is 11.4. The SMILES string of the molecule is CCOC(=O)c1cnc2ccsc2c1O. The number of thiophene rings is 1. The number of ether oxygens (including phenoxy) is 1. The second-order valence-electron chi connectivity index (χ2n) is 2.88. The van der Waals surface area contributed by atoms with Gasteiger partial charge in [0.05, 0.1) is 16.8 Å². The zero-order valence-corrected chi connectivity index (χ0v) is 8.87. The standard InChI is InChI=1S/C10H9NO3S/c1-2-14-10(13)6-5-11-7-3-4-15-9(7)8(6)12/h3-5H,2H2,1H3,(H,11,12). The molecule has 1 N–H and O–H groups in total. The molecule has 15 heavy (non-hydrogen) atoms. The molecule has 0 unspecified atom stereocenters. The first kappa shape index (κ1) is 9.92. The van der Waals surface area contributed by atoms with E-state index < -0.39 is 5.97 Å². The highest BCUT2D eigenvalue weighted by molar-refractivity contribution is 7.17. The predicted octanol–water partition coefficient (Wildman–Crippen LogP) is 2.18. The maximum Gasteiger partial charge on any atom is 0.343 e. The third-order valence-electron chi connectivity index (χ3n) is 1.94. The van der Waals surface area contributed by atoms with E-state index in [1.807, 2.05) is 5.38 Å². The third kappa shape index (κ3) is 1.66. The summed E-state index contributed by atoms with van der Waals surface area (Å²) in [6.07, 6.45) is 1.34. The van der Waals surface area contributed by atoms with Gasteiger partial charge in [-0.2, -0.15) is 0 Å². The van der Waals surface area contributed by atoms with E-state index in [0.29, 0.717) is 10.2 Å². The average molecular weight is 223 g/mol. The topological polar surface area (TPSA) is 59.4 Å². The fraction of sp³-hybridized carbons (Fsp3) is 0.200. The molecule has 5 heteroatoms. The number of esters is 1. The maximum atomic E-state index is 11.4. The number of pyridine rings is 1. The number of carbonyl (C=O) groups excluding carboxylic acids is 1. The Morgan fingerprint density at radius 2 is 2.47 bits per heavy atom. The summed E-state index contributed by atoms with van der Waals surface area (Å²) >= 11 is 1.34. The lowest BCUT2D eigenvalue weighted by Crippen LogP contribution is -2.05. The molecular weight excluding hydrogens is 214 g/mol. The molecule has 0 bridgehead atoms. The molecule has 0 aliphatic carbocycles. The van der Waals surface area contributed by atoms with Crippen molar-refractivity contribution >= 4 is 27.5 Å². The molecule has 0 amide bonds. The van der Waals surface area contributed by atoms with E-state index in [9.17, 15) is 9.90 Å². The summed E-state index contributed by atoms with van der Waals surface area (Å²) in [6, 6.07) is 1.79. The fourth-order valence-corrected chi connectivity index (χ4v) is 2.05. The molecule has 2 heterocycles. The van der Waals surface area contributed by atoms with Gasteiger partial charge in [-0.15, -0.1) is 11.3 Å². The summed E-state index contributed by atoms with van der Waals surface area (Å²) < 4.78 is 5.41. The van der Waals surface area contributed by atoms with Crippen LogP contribution in [0.2, 0.25) is 0 Å². The van der Waals surface area contributed by atoms with Crippen molar-refractivity contribution in [2.45, 2.75) is 6.92 Å². The highest BCUT2D eigenvalue weighted by atomic mass is 32.1. The van der Waals surface area contributed by atoms with Gasteiger partial charge in [-0.1, -0.05) is 0 Å². The van der Waals surface area contributed by atoms with Crippen LogP contribution in [-0.4, -0.2) is 22.7 Å². The molecule has 0 aliphatic heterocycles. The lowest BCUT2D eigenvalue weighted by Gasteiger charge is -2.03. The van der Waals surface area contributed by atoms with E-state index in [1.165, 1.54) is 17.5 Å². The normalized spacial score (nSPS) is 10.5. The zero-order chi connectivity index (χ0) is 10.8. The lowest BCUT2D eigenvalue weighted by molar-refractivity contribution is 0.0523. The van der Waals surface area contributed by atoms with Crippen molar-refractivity contribution in [3.63, 3.8) is 0 Å². The first-order chi connectivity index (χ1) is 7.24. The van der Waals surface area contributed by atoms with E-state index in [0.717, 1.165) is 0 Å². The smallest absolute Gasteiger partial charge is 0.343 e. The van der Waals surface area contributed by atoms with Crippen LogP contribution in [0.4, 0.5) is 0 Å². The van der Waals surface area contributed by atoms with E-state index in [4.69, 9.17) is 4.74 Å². The van der Waals surface area contributed by atoms with Gasteiger partial charge in [0.15, 0.2) is 5.75 Å². The van der Waals surface area contributed by atoms with Crippen LogP contribution in [0.5, 0.6) is 5.75 Å². The van der Waals surface area contributed by atoms with E-state index >= 15 is 0 Å². The second-order valence-corrected chi connectivity index (χ2v) is 3.79. The largest absolute Gasteiger partial charge is 0.505 e. The number of nitrogens with zero attached hydrogens (tertiary/aromatic N) is 1. The molecule has 0 aliphatic rings. The van der Waals surface area contributed by atoms with Crippen molar-refractivity contribution in [2.75, 3.05) is 6.61 Å². The number of rotatable bonds is 2. The van der Waals surface area contributed by atoms with Gasteiger partial charge in [-0.25, -0.2) is 4.79 Å². The molecule has 2 aromatic rings. The first-order valence-electron chi connectivity index (χ1n) is 4.46. The summed E-state index contributed by atoms with van der Waals surface area (Å²) in [6.45, 7) is 1.99. The van der Waals surface area contributed by atoms with Gasteiger partial charge in [0.2, 0.25) is 0 Å². The molecule has 0 saturated carbocycles. The Bertz CT molecular complexity index is 506. The average Bonchev–Trinajstić information content (AvgIpc) is 2.67. The Morgan fingerprint density at radius 1 is 1.67 bits per heavy atom. The van der Waals surface area contributed by atoms with Crippen LogP contribution in [-0.2, 0) is 4.74 Å². The van der Waals surface area contributed by atoms with Gasteiger partial charge < -0.3 is 9.84 Å². The summed E-state index contributed by atoms with van der Waals surface area (Å²) in [5.41, 5.74) is 0.803. The van der Waals surface area contributed by atoms with Crippen LogP contribution in [0, 0.1) is 0 Å². The Morgan fingerprint density at radius 3 is 3.20 bits per heavy atom. The van der Waals surface area contributed by atoms with Crippen molar-refractivity contribution in [2.24, 2.45) is 0 Å². The highest BCUT2D eigenvalue weighted by Crippen LogP contribution is 2.31. The second kappa shape index (κ2) is 3.86. The highest BCUT2D eigenvalue weighted by Gasteiger charge is 2.16. The Hall–Kier alpha value is -1.62. The van der Waals surface area contributed by atoms with E-state index in [1.54, 1.807) is 13.0 Å². The molecule has 78 valence electrons. The van der Waals surface area contributed by atoms with Crippen LogP contribution in [0.25, 0.3) is 10.2 Å². The Labute approximate surface area is 90.1 Å². The lowest BCUT2D eigenvalue weighted by atomic mass is 10.2. The number of aromatic nitrogens is 1. The van der Waals surface area contributed by atoms with Crippen LogP contribution in [0.3, 0.4) is 0 Å². The number of hydrogen-bond acceptors (Lipinski definition) is 5. The van der Waals surface area contributed by atoms with Crippen molar-refractivity contribution < 1.29 is 14.6 Å². The molecule has 2 rings (SSSR count). The first-order valence-corrected chi connectivity index (χ1v) is 5.34. The van der Waals surface area contributed by atoms with Gasteiger partial charge in [0.25, 0.3) is 0 Å². The zero-order valence-electron chi connectivity index (χ0n) is 8.06. The van der Waals surface area contributed by atoms with E-state index in [2.05, 4.69) is 4.98 Å². The summed E-state index contributed by atoms with van der Waals surface area (Å²) in [7, 11) is 0. The van der Waals surface area contributed by atoms with Crippen molar-refractivity contribution in [1.82, 2.24) is 4.98 Å². The fourth-order valence-electron chi connectivity index (χ4n) is 1.26. The molecular formula is C10H9NO3S. The van der Waals surface area contributed by atoms with Crippen LogP contribution >= 0.6 is 11.3 Å². The number of carbonyl (C=O) groups is 1. The Balaban J connectivity index is 2.52. The van der Waals surface area contributed by atoms with Crippen LogP contribution in [0.15, 0.2) is 17.6 Å². The van der Waals surface area contributed by atoms with Crippen LogP contribution < -0.4 is 0 Å². The van der Waals surface area contributed by atoms with Crippen LogP contribution in [0.1, 0.15) is 17.3 Å². The minimum Gasteiger partial charge on any atom is -0.505 e. The molecule has 0 spiro atoms. The number of fused-ring (bicyclic) bond motifs is 1. The summed E-state index contributed by atoms with van der Waals surface area (Å²) in [4.78, 5) is 15.5. The Kier molecular flexibility index (Phi) is 2.55. The van der Waals surface area contributed by atoms with Gasteiger partial charge in [0, 0.05) is 6.20 Å². The molecule has 0 radical (unpaired) electrons. The molecule has 0 aromatic carbocycles. The number of hydrogen-bond donors (Lipinski definition) is 1. The monoisotopic (exact) mass is 223 g/mol. The van der Waals surface area contributed by atoms with Gasteiger partial charge in [-0.05, 0) is 18.4 Å². The molecule has 2 aromatic heterocycles. The number of aromatic hydroxyl groups is 1. The summed E-state index contributed by atoms with van der Waals surface area (Å²) in [5, 5.41) is 11.6. The van der Waals surface area contributed by atoms with E-state index in [-0.39, 0.29) is 17.9 Å². The molecule has 4 nitrogen and oxygen atoms in total. The van der Waals surface area contributed by atoms with Gasteiger partial charge in [-0.3, -0.25) is 4.98 Å². The minimum atomic E-state index is -0.544. The van der Waals surface area contributed by atoms with Crippen molar-refractivity contribution in [3.05, 3.63) is 23.2 Å². The predicted molar refractivity (Wildman–Crippen MR) is 57.2 cm³/mol. The van der Waals surface area contributed by atoms with Gasteiger partial charge in [0.1, 0.15) is 5.56 Å². The molecule has 0 atom stereocenters. The van der Waals surface area contributed by atoms with Gasteiger partial charge >= 0.3 is 5.97 Å². The van der Waals surface area contributed by atoms with Crippen molar-refractivity contribution in [1.29, 1.82) is 0 Å². The summed E-state index contributed by atoms with van der Waals surface area (Å²) in [5.74, 6) is -0.591.